The second kappa shape index (κ2) is 12.2. The molecular weight excluding hydrogens is 451 g/mol. The van der Waals surface area contributed by atoms with E-state index in [0.717, 1.165) is 49.1 Å². The Balaban J connectivity index is 1.59. The fourth-order valence-corrected chi connectivity index (χ4v) is 5.81. The number of aliphatic carboxylic acids is 1. The van der Waals surface area contributed by atoms with E-state index in [9.17, 15) is 9.90 Å². The number of benzene rings is 1. The van der Waals surface area contributed by atoms with Crippen LogP contribution in [-0.2, 0) is 4.79 Å². The van der Waals surface area contributed by atoms with Crippen molar-refractivity contribution in [1.82, 2.24) is 9.88 Å². The third-order valence-corrected chi connectivity index (χ3v) is 8.04. The van der Waals surface area contributed by atoms with E-state index in [1.165, 1.54) is 0 Å². The summed E-state index contributed by atoms with van der Waals surface area (Å²) in [6.07, 6.45) is 3.82. The summed E-state index contributed by atoms with van der Waals surface area (Å²) in [6.45, 7) is 9.46. The molecule has 0 radical (unpaired) electrons. The highest BCUT2D eigenvalue weighted by atomic mass is 32.2. The van der Waals surface area contributed by atoms with Crippen LogP contribution in [0.2, 0.25) is 0 Å². The molecule has 1 aromatic carbocycles. The van der Waals surface area contributed by atoms with Gasteiger partial charge in [0.25, 0.3) is 0 Å². The fraction of sp³-hybridized carbons (Fsp3) is 0.630. The van der Waals surface area contributed by atoms with E-state index in [1.54, 1.807) is 19.4 Å². The monoisotopic (exact) mass is 490 g/mol. The lowest BCUT2D eigenvalue weighted by molar-refractivity contribution is -0.139. The average Bonchev–Trinajstić information content (AvgIpc) is 2.79. The predicted octanol–water partition coefficient (Wildman–Crippen LogP) is 6.37. The summed E-state index contributed by atoms with van der Waals surface area (Å²) >= 11 is 1.97. The highest BCUT2D eigenvalue weighted by molar-refractivity contribution is 8.00. The first kappa shape index (κ1) is 26.7. The standard InChI is InChI=1S/C27H39FN2O3S/c1-27(2,3)34-15-5-13-30-14-11-19(20(18-30)16-26(31)32)6-8-24(28)22-10-12-29-25-9-7-21(33-4)17-23(22)25/h7,9-10,12,17,19-20,24H,5-6,8,11,13-16,18H2,1-4H3,(H,31,32)/t19-,20+,24?/m1/s1. The Morgan fingerprint density at radius 2 is 2.12 bits per heavy atom. The first-order valence-electron chi connectivity index (χ1n) is 12.3. The molecule has 5 nitrogen and oxygen atoms in total. The molecule has 1 fully saturated rings. The molecule has 3 rings (SSSR count). The Labute approximate surface area is 207 Å². The van der Waals surface area contributed by atoms with Crippen molar-refractivity contribution in [2.24, 2.45) is 11.8 Å². The van der Waals surface area contributed by atoms with Gasteiger partial charge in [-0.1, -0.05) is 20.8 Å². The summed E-state index contributed by atoms with van der Waals surface area (Å²) in [6, 6.07) is 7.27. The number of alkyl halides is 1. The molecule has 0 amide bonds. The van der Waals surface area contributed by atoms with Crippen molar-refractivity contribution in [3.05, 3.63) is 36.0 Å². The number of ether oxygens (including phenoxy) is 1. The van der Waals surface area contributed by atoms with Crippen molar-refractivity contribution in [1.29, 1.82) is 0 Å². The van der Waals surface area contributed by atoms with Crippen molar-refractivity contribution in [2.75, 3.05) is 32.5 Å². The van der Waals surface area contributed by atoms with Crippen molar-refractivity contribution in [3.8, 4) is 5.75 Å². The minimum atomic E-state index is -1.12. The van der Waals surface area contributed by atoms with E-state index in [0.29, 0.717) is 24.2 Å². The molecule has 1 unspecified atom stereocenters. The molecular formula is C27H39FN2O3S. The van der Waals surface area contributed by atoms with E-state index in [2.05, 4.69) is 30.7 Å². The molecule has 0 aliphatic carbocycles. The van der Waals surface area contributed by atoms with Gasteiger partial charge < -0.3 is 14.7 Å². The molecule has 1 N–H and O–H groups in total. The van der Waals surface area contributed by atoms with Crippen LogP contribution in [0.5, 0.6) is 5.75 Å². The summed E-state index contributed by atoms with van der Waals surface area (Å²) in [4.78, 5) is 18.3. The van der Waals surface area contributed by atoms with Gasteiger partial charge >= 0.3 is 5.97 Å². The molecule has 0 saturated carbocycles. The molecule has 1 saturated heterocycles. The van der Waals surface area contributed by atoms with Crippen LogP contribution in [0.25, 0.3) is 10.9 Å². The maximum absolute atomic E-state index is 15.4. The quantitative estimate of drug-likeness (QED) is 0.369. The molecule has 1 aliphatic rings. The van der Waals surface area contributed by atoms with Crippen LogP contribution in [0, 0.1) is 11.8 Å². The van der Waals surface area contributed by atoms with E-state index in [-0.39, 0.29) is 23.0 Å². The lowest BCUT2D eigenvalue weighted by atomic mass is 9.79. The van der Waals surface area contributed by atoms with Gasteiger partial charge in [-0.2, -0.15) is 11.8 Å². The van der Waals surface area contributed by atoms with Crippen LogP contribution in [-0.4, -0.2) is 58.2 Å². The van der Waals surface area contributed by atoms with Gasteiger partial charge in [-0.25, -0.2) is 4.39 Å². The Kier molecular flexibility index (Phi) is 9.60. The number of pyridine rings is 1. The molecule has 0 spiro atoms. The first-order valence-corrected chi connectivity index (χ1v) is 13.3. The number of nitrogens with zero attached hydrogens (tertiary/aromatic N) is 2. The third-order valence-electron chi connectivity index (χ3n) is 6.68. The average molecular weight is 491 g/mol. The zero-order chi connectivity index (χ0) is 24.7. The Hall–Kier alpha value is -1.86. The Bertz CT molecular complexity index is 949. The van der Waals surface area contributed by atoms with Crippen LogP contribution in [0.1, 0.15) is 64.6 Å². The fourth-order valence-electron chi connectivity index (χ4n) is 4.92. The van der Waals surface area contributed by atoms with E-state index in [1.807, 2.05) is 30.0 Å². The van der Waals surface area contributed by atoms with Gasteiger partial charge in [0.1, 0.15) is 11.9 Å². The number of halogens is 1. The van der Waals surface area contributed by atoms with E-state index in [4.69, 9.17) is 4.74 Å². The topological polar surface area (TPSA) is 62.7 Å². The summed E-state index contributed by atoms with van der Waals surface area (Å²) in [5, 5.41) is 10.3. The van der Waals surface area contributed by atoms with E-state index >= 15 is 4.39 Å². The number of methoxy groups -OCH3 is 1. The molecule has 188 valence electrons. The van der Waals surface area contributed by atoms with Crippen molar-refractivity contribution >= 4 is 28.6 Å². The SMILES string of the molecule is COc1ccc2nccc(C(F)CC[C@@H]3CCN(CCCSC(C)(C)C)C[C@@H]3CC(=O)O)c2c1. The molecule has 1 aliphatic heterocycles. The smallest absolute Gasteiger partial charge is 0.303 e. The maximum atomic E-state index is 15.4. The molecule has 2 aromatic rings. The van der Waals surface area contributed by atoms with Crippen molar-refractivity contribution < 1.29 is 19.0 Å². The second-order valence-electron chi connectivity index (χ2n) is 10.3. The molecule has 34 heavy (non-hydrogen) atoms. The number of fused-ring (bicyclic) bond motifs is 1. The van der Waals surface area contributed by atoms with E-state index < -0.39 is 12.1 Å². The highest BCUT2D eigenvalue weighted by Crippen LogP contribution is 2.36. The van der Waals surface area contributed by atoms with Gasteiger partial charge in [-0.15, -0.1) is 0 Å². The third kappa shape index (κ3) is 7.84. The molecule has 0 bridgehead atoms. The summed E-state index contributed by atoms with van der Waals surface area (Å²) in [7, 11) is 1.60. The minimum absolute atomic E-state index is 0.0722. The van der Waals surface area contributed by atoms with Crippen molar-refractivity contribution in [2.45, 2.75) is 63.8 Å². The number of carboxylic acid groups (broad SMARTS) is 1. The Morgan fingerprint density at radius 3 is 2.82 bits per heavy atom. The molecule has 7 heteroatoms. The Morgan fingerprint density at radius 1 is 1.32 bits per heavy atom. The van der Waals surface area contributed by atoms with Crippen LogP contribution in [0.3, 0.4) is 0 Å². The lowest BCUT2D eigenvalue weighted by Gasteiger charge is -2.38. The van der Waals surface area contributed by atoms with Crippen LogP contribution >= 0.6 is 11.8 Å². The van der Waals surface area contributed by atoms with Crippen LogP contribution < -0.4 is 4.74 Å². The number of hydrogen-bond donors (Lipinski definition) is 1. The van der Waals surface area contributed by atoms with Gasteiger partial charge in [0.2, 0.25) is 0 Å². The largest absolute Gasteiger partial charge is 0.497 e. The number of piperidine rings is 1. The summed E-state index contributed by atoms with van der Waals surface area (Å²) in [5.41, 5.74) is 1.38. The summed E-state index contributed by atoms with van der Waals surface area (Å²) in [5.74, 6) is 1.34. The number of rotatable bonds is 11. The minimum Gasteiger partial charge on any atom is -0.497 e. The highest BCUT2D eigenvalue weighted by Gasteiger charge is 2.31. The van der Waals surface area contributed by atoms with Crippen LogP contribution in [0.15, 0.2) is 30.5 Å². The normalized spacial score (nSPS) is 20.4. The van der Waals surface area contributed by atoms with Crippen LogP contribution in [0.4, 0.5) is 4.39 Å². The number of likely N-dealkylation sites (tertiary alicyclic amines) is 1. The predicted molar refractivity (Wildman–Crippen MR) is 138 cm³/mol. The van der Waals surface area contributed by atoms with Gasteiger partial charge in [0.05, 0.1) is 12.6 Å². The lowest BCUT2D eigenvalue weighted by Crippen LogP contribution is -2.42. The zero-order valence-electron chi connectivity index (χ0n) is 20.9. The molecule has 3 atom stereocenters. The number of thioether (sulfide) groups is 1. The maximum Gasteiger partial charge on any atom is 0.303 e. The van der Waals surface area contributed by atoms with Gasteiger partial charge in [-0.3, -0.25) is 9.78 Å². The number of hydrogen-bond acceptors (Lipinski definition) is 5. The summed E-state index contributed by atoms with van der Waals surface area (Å²) < 4.78 is 21.0. The van der Waals surface area contributed by atoms with Gasteiger partial charge in [0.15, 0.2) is 0 Å². The number of aromatic nitrogens is 1. The first-order chi connectivity index (χ1) is 16.2. The van der Waals surface area contributed by atoms with Gasteiger partial charge in [0, 0.05) is 29.3 Å². The number of carbonyl (C=O) groups is 1. The number of carboxylic acids is 1. The molecule has 1 aromatic heterocycles. The second-order valence-corrected chi connectivity index (χ2v) is 12.3. The van der Waals surface area contributed by atoms with Crippen molar-refractivity contribution in [3.63, 3.8) is 0 Å². The zero-order valence-corrected chi connectivity index (χ0v) is 21.7. The van der Waals surface area contributed by atoms with Gasteiger partial charge in [-0.05, 0) is 86.2 Å². The molecule has 2 heterocycles.